The molecule has 0 unspecified atom stereocenters. The SMILES string of the molecule is CCS(=O)(=O)c1ccc(OC)cc1C(=O)Nc1cc(C(F)(F)F)cc2c(=O)[nH]cnc12. The predicted octanol–water partition coefficient (Wildman–Crippen LogP) is 3.00. The summed E-state index contributed by atoms with van der Waals surface area (Å²) in [6, 6.07) is 4.93. The van der Waals surface area contributed by atoms with Crippen molar-refractivity contribution in [2.24, 2.45) is 0 Å². The number of hydrogen-bond donors (Lipinski definition) is 2. The summed E-state index contributed by atoms with van der Waals surface area (Å²) in [7, 11) is -2.53. The summed E-state index contributed by atoms with van der Waals surface area (Å²) < 4.78 is 69.7. The fourth-order valence-corrected chi connectivity index (χ4v) is 3.94. The molecule has 31 heavy (non-hydrogen) atoms. The maximum Gasteiger partial charge on any atom is 0.416 e. The van der Waals surface area contributed by atoms with Gasteiger partial charge in [-0.2, -0.15) is 13.2 Å². The van der Waals surface area contributed by atoms with Crippen molar-refractivity contribution in [2.75, 3.05) is 18.2 Å². The number of nitrogens with one attached hydrogen (secondary N) is 2. The van der Waals surface area contributed by atoms with Gasteiger partial charge in [0.2, 0.25) is 0 Å². The zero-order valence-corrected chi connectivity index (χ0v) is 17.0. The number of nitrogens with zero attached hydrogens (tertiary/aromatic N) is 1. The fraction of sp³-hybridized carbons (Fsp3) is 0.211. The first-order valence-corrected chi connectivity index (χ1v) is 10.4. The average molecular weight is 455 g/mol. The van der Waals surface area contributed by atoms with Crippen molar-refractivity contribution in [3.05, 3.63) is 58.1 Å². The lowest BCUT2D eigenvalue weighted by Gasteiger charge is -2.14. The number of aromatic amines is 1. The second kappa shape index (κ2) is 8.02. The Balaban J connectivity index is 2.19. The summed E-state index contributed by atoms with van der Waals surface area (Å²) in [5.74, 6) is -1.14. The lowest BCUT2D eigenvalue weighted by molar-refractivity contribution is -0.137. The molecule has 1 heterocycles. The highest BCUT2D eigenvalue weighted by Gasteiger charge is 2.32. The van der Waals surface area contributed by atoms with E-state index in [2.05, 4.69) is 15.3 Å². The van der Waals surface area contributed by atoms with Gasteiger partial charge in [0.1, 0.15) is 11.3 Å². The van der Waals surface area contributed by atoms with Crippen LogP contribution in [0.2, 0.25) is 0 Å². The number of carbonyl (C=O) groups excluding carboxylic acids is 1. The van der Waals surface area contributed by atoms with Gasteiger partial charge in [0.25, 0.3) is 11.5 Å². The second-order valence-corrected chi connectivity index (χ2v) is 8.62. The van der Waals surface area contributed by atoms with Gasteiger partial charge < -0.3 is 15.0 Å². The largest absolute Gasteiger partial charge is 0.497 e. The van der Waals surface area contributed by atoms with Gasteiger partial charge in [-0.25, -0.2) is 13.4 Å². The van der Waals surface area contributed by atoms with Crippen molar-refractivity contribution >= 4 is 32.3 Å². The highest BCUT2D eigenvalue weighted by Crippen LogP contribution is 2.34. The fourth-order valence-electron chi connectivity index (χ4n) is 2.87. The van der Waals surface area contributed by atoms with E-state index >= 15 is 0 Å². The molecule has 8 nitrogen and oxygen atoms in total. The molecular weight excluding hydrogens is 439 g/mol. The second-order valence-electron chi connectivity index (χ2n) is 6.37. The minimum atomic E-state index is -4.80. The Labute approximate surface area is 174 Å². The molecule has 0 aliphatic heterocycles. The van der Waals surface area contributed by atoms with Crippen LogP contribution in [-0.4, -0.2) is 37.2 Å². The number of methoxy groups -OCH3 is 1. The van der Waals surface area contributed by atoms with Crippen LogP contribution in [0.1, 0.15) is 22.8 Å². The number of benzene rings is 2. The molecule has 0 radical (unpaired) electrons. The normalized spacial score (nSPS) is 12.0. The molecule has 164 valence electrons. The van der Waals surface area contributed by atoms with Crippen LogP contribution in [0.25, 0.3) is 10.9 Å². The maximum atomic E-state index is 13.3. The molecule has 1 amide bonds. The number of halogens is 3. The lowest BCUT2D eigenvalue weighted by atomic mass is 10.1. The van der Waals surface area contributed by atoms with Gasteiger partial charge in [-0.05, 0) is 30.3 Å². The van der Waals surface area contributed by atoms with E-state index in [0.29, 0.717) is 12.1 Å². The van der Waals surface area contributed by atoms with Gasteiger partial charge in [-0.1, -0.05) is 6.92 Å². The van der Waals surface area contributed by atoms with Gasteiger partial charge in [0.15, 0.2) is 9.84 Å². The zero-order chi connectivity index (χ0) is 23.0. The van der Waals surface area contributed by atoms with Crippen LogP contribution < -0.4 is 15.6 Å². The highest BCUT2D eigenvalue weighted by molar-refractivity contribution is 7.91. The maximum absolute atomic E-state index is 13.3. The number of alkyl halides is 3. The van der Waals surface area contributed by atoms with Gasteiger partial charge in [0.05, 0.1) is 46.3 Å². The van der Waals surface area contributed by atoms with Crippen LogP contribution in [-0.2, 0) is 16.0 Å². The Morgan fingerprint density at radius 3 is 2.55 bits per heavy atom. The topological polar surface area (TPSA) is 118 Å². The monoisotopic (exact) mass is 455 g/mol. The molecule has 0 spiro atoms. The van der Waals surface area contributed by atoms with Gasteiger partial charge in [-0.3, -0.25) is 9.59 Å². The molecule has 3 aromatic rings. The third kappa shape index (κ3) is 4.38. The Kier molecular flexibility index (Phi) is 5.77. The van der Waals surface area contributed by atoms with E-state index in [4.69, 9.17) is 4.74 Å². The van der Waals surface area contributed by atoms with Crippen molar-refractivity contribution in [1.29, 1.82) is 0 Å². The molecule has 0 fully saturated rings. The van der Waals surface area contributed by atoms with Gasteiger partial charge in [0, 0.05) is 0 Å². The smallest absolute Gasteiger partial charge is 0.416 e. The van der Waals surface area contributed by atoms with Crippen molar-refractivity contribution < 1.29 is 31.1 Å². The molecule has 0 saturated heterocycles. The average Bonchev–Trinajstić information content (AvgIpc) is 2.73. The van der Waals surface area contributed by atoms with Crippen molar-refractivity contribution in [2.45, 2.75) is 18.0 Å². The van der Waals surface area contributed by atoms with Crippen LogP contribution in [0.3, 0.4) is 0 Å². The van der Waals surface area contributed by atoms with E-state index in [1.54, 1.807) is 0 Å². The van der Waals surface area contributed by atoms with Gasteiger partial charge in [-0.15, -0.1) is 0 Å². The number of sulfone groups is 1. The molecular formula is C19H16F3N3O5S. The van der Waals surface area contributed by atoms with Crippen LogP contribution in [0, 0.1) is 0 Å². The molecule has 1 aromatic heterocycles. The lowest BCUT2D eigenvalue weighted by Crippen LogP contribution is -2.19. The number of rotatable bonds is 5. The Bertz CT molecular complexity index is 1330. The van der Waals surface area contributed by atoms with E-state index in [1.807, 2.05) is 0 Å². The number of ether oxygens (including phenoxy) is 1. The van der Waals surface area contributed by atoms with Crippen LogP contribution in [0.15, 0.2) is 46.3 Å². The minimum Gasteiger partial charge on any atom is -0.497 e. The first-order chi connectivity index (χ1) is 14.5. The molecule has 0 aliphatic rings. The number of H-pyrrole nitrogens is 1. The molecule has 3 rings (SSSR count). The summed E-state index contributed by atoms with van der Waals surface area (Å²) >= 11 is 0. The van der Waals surface area contributed by atoms with E-state index in [-0.39, 0.29) is 32.9 Å². The van der Waals surface area contributed by atoms with E-state index in [9.17, 15) is 31.2 Å². The van der Waals surface area contributed by atoms with Crippen molar-refractivity contribution in [1.82, 2.24) is 9.97 Å². The van der Waals surface area contributed by atoms with E-state index in [1.165, 1.54) is 26.2 Å². The predicted molar refractivity (Wildman–Crippen MR) is 106 cm³/mol. The number of amides is 1. The Morgan fingerprint density at radius 1 is 1.23 bits per heavy atom. The molecule has 0 saturated carbocycles. The first-order valence-electron chi connectivity index (χ1n) is 8.78. The molecule has 0 atom stereocenters. The summed E-state index contributed by atoms with van der Waals surface area (Å²) in [6.45, 7) is 1.39. The Morgan fingerprint density at radius 2 is 1.94 bits per heavy atom. The quantitative estimate of drug-likeness (QED) is 0.611. The van der Waals surface area contributed by atoms with Crippen LogP contribution in [0.5, 0.6) is 5.75 Å². The third-order valence-electron chi connectivity index (χ3n) is 4.47. The molecule has 2 aromatic carbocycles. The Hall–Kier alpha value is -3.41. The summed E-state index contributed by atoms with van der Waals surface area (Å²) in [5, 5.41) is 1.87. The van der Waals surface area contributed by atoms with Gasteiger partial charge >= 0.3 is 6.18 Å². The van der Waals surface area contributed by atoms with E-state index in [0.717, 1.165) is 12.4 Å². The number of hydrogen-bond acceptors (Lipinski definition) is 6. The molecule has 0 aliphatic carbocycles. The van der Waals surface area contributed by atoms with E-state index < -0.39 is 38.7 Å². The molecule has 2 N–H and O–H groups in total. The number of fused-ring (bicyclic) bond motifs is 1. The third-order valence-corrected chi connectivity index (χ3v) is 6.25. The first kappa shape index (κ1) is 22.3. The van der Waals surface area contributed by atoms with Crippen LogP contribution >= 0.6 is 0 Å². The number of anilines is 1. The molecule has 12 heteroatoms. The number of carbonyl (C=O) groups is 1. The highest BCUT2D eigenvalue weighted by atomic mass is 32.2. The summed E-state index contributed by atoms with van der Waals surface area (Å²) in [5.41, 5.74) is -2.92. The van der Waals surface area contributed by atoms with Crippen molar-refractivity contribution in [3.8, 4) is 5.75 Å². The zero-order valence-electron chi connectivity index (χ0n) is 16.2. The van der Waals surface area contributed by atoms with Crippen molar-refractivity contribution in [3.63, 3.8) is 0 Å². The number of aromatic nitrogens is 2. The molecule has 0 bridgehead atoms. The standard InChI is InChI=1S/C19H16F3N3O5S/c1-3-31(28,29)15-5-4-11(30-2)8-12(15)18(27)25-14-7-10(19(20,21)22)6-13-16(14)23-9-24-17(13)26/h4-9H,3H2,1-2H3,(H,25,27)(H,23,24,26). The van der Waals surface area contributed by atoms with Crippen LogP contribution in [0.4, 0.5) is 18.9 Å². The minimum absolute atomic E-state index is 0.170. The summed E-state index contributed by atoms with van der Waals surface area (Å²) in [4.78, 5) is 30.6. The summed E-state index contributed by atoms with van der Waals surface area (Å²) in [6.07, 6.45) is -3.82.